The number of anilines is 2. The van der Waals surface area contributed by atoms with Crippen molar-refractivity contribution >= 4 is 22.4 Å². The van der Waals surface area contributed by atoms with Crippen LogP contribution in [0.25, 0.3) is 10.9 Å². The Balaban J connectivity index is 1.99. The summed E-state index contributed by atoms with van der Waals surface area (Å²) < 4.78 is 0. The molecule has 0 aliphatic heterocycles. The van der Waals surface area contributed by atoms with Crippen LogP contribution in [0.1, 0.15) is 5.82 Å². The van der Waals surface area contributed by atoms with E-state index < -0.39 is 0 Å². The van der Waals surface area contributed by atoms with E-state index in [4.69, 9.17) is 5.73 Å². The van der Waals surface area contributed by atoms with Crippen molar-refractivity contribution in [3.8, 4) is 0 Å². The molecule has 0 saturated heterocycles. The molecule has 0 aliphatic carbocycles. The van der Waals surface area contributed by atoms with Crippen molar-refractivity contribution in [3.63, 3.8) is 0 Å². The molecule has 1 aromatic carbocycles. The summed E-state index contributed by atoms with van der Waals surface area (Å²) >= 11 is 0. The molecule has 2 aromatic heterocycles. The third kappa shape index (κ3) is 2.23. The summed E-state index contributed by atoms with van der Waals surface area (Å²) in [5.74, 6) is 1.64. The van der Waals surface area contributed by atoms with Crippen LogP contribution in [0.2, 0.25) is 0 Å². The van der Waals surface area contributed by atoms with E-state index in [-0.39, 0.29) is 0 Å². The lowest BCUT2D eigenvalue weighted by Gasteiger charge is -2.17. The lowest BCUT2D eigenvalue weighted by Crippen LogP contribution is -2.13. The van der Waals surface area contributed by atoms with Crippen molar-refractivity contribution in [1.82, 2.24) is 15.0 Å². The summed E-state index contributed by atoms with van der Waals surface area (Å²) in [5.41, 5.74) is 7.77. The topological polar surface area (TPSA) is 70.8 Å². The number of nitrogens with zero attached hydrogens (tertiary/aromatic N) is 3. The average molecular weight is 267 g/mol. The highest BCUT2D eigenvalue weighted by atomic mass is 15.2. The molecule has 3 rings (SSSR count). The summed E-state index contributed by atoms with van der Waals surface area (Å²) in [6, 6.07) is 10.1. The molecule has 0 radical (unpaired) electrons. The van der Waals surface area contributed by atoms with Gasteiger partial charge in [-0.3, -0.25) is 0 Å². The highest BCUT2D eigenvalue weighted by molar-refractivity contribution is 5.94. The summed E-state index contributed by atoms with van der Waals surface area (Å²) in [4.78, 5) is 14.1. The number of H-pyrrole nitrogens is 1. The zero-order valence-electron chi connectivity index (χ0n) is 11.4. The molecule has 3 N–H and O–H groups in total. The van der Waals surface area contributed by atoms with E-state index in [0.29, 0.717) is 13.0 Å². The Morgan fingerprint density at radius 2 is 2.10 bits per heavy atom. The van der Waals surface area contributed by atoms with Crippen LogP contribution >= 0.6 is 0 Å². The second-order valence-electron chi connectivity index (χ2n) is 4.65. The molecule has 102 valence electrons. The maximum atomic E-state index is 5.56. The Morgan fingerprint density at radius 3 is 2.95 bits per heavy atom. The van der Waals surface area contributed by atoms with Gasteiger partial charge in [-0.2, -0.15) is 0 Å². The normalized spacial score (nSPS) is 10.9. The predicted octanol–water partition coefficient (Wildman–Crippen LogP) is 2.23. The van der Waals surface area contributed by atoms with Crippen molar-refractivity contribution in [2.24, 2.45) is 5.73 Å². The van der Waals surface area contributed by atoms with Gasteiger partial charge in [0.15, 0.2) is 0 Å². The van der Waals surface area contributed by atoms with E-state index in [2.05, 4.69) is 32.0 Å². The summed E-state index contributed by atoms with van der Waals surface area (Å²) in [5, 5.41) is 1.17. The molecule has 20 heavy (non-hydrogen) atoms. The molecule has 3 aromatic rings. The SMILES string of the molecule is CN(c1ccnc(CCN)n1)c1c[nH]c2ccccc12. The fourth-order valence-corrected chi connectivity index (χ4v) is 2.28. The number of rotatable bonds is 4. The Bertz CT molecular complexity index is 719. The van der Waals surface area contributed by atoms with Crippen molar-refractivity contribution in [2.45, 2.75) is 6.42 Å². The molecule has 0 aliphatic rings. The third-order valence-electron chi connectivity index (χ3n) is 3.33. The molecule has 0 bridgehead atoms. The van der Waals surface area contributed by atoms with Crippen LogP contribution in [0.4, 0.5) is 11.5 Å². The fourth-order valence-electron chi connectivity index (χ4n) is 2.28. The lowest BCUT2D eigenvalue weighted by molar-refractivity contribution is 0.862. The van der Waals surface area contributed by atoms with Crippen LogP contribution in [0.3, 0.4) is 0 Å². The second-order valence-corrected chi connectivity index (χ2v) is 4.65. The molecule has 0 atom stereocenters. The highest BCUT2D eigenvalue weighted by Crippen LogP contribution is 2.29. The lowest BCUT2D eigenvalue weighted by atomic mass is 10.2. The number of nitrogens with two attached hydrogens (primary N) is 1. The number of aromatic amines is 1. The van der Waals surface area contributed by atoms with Gasteiger partial charge in [0.25, 0.3) is 0 Å². The van der Waals surface area contributed by atoms with Gasteiger partial charge in [-0.05, 0) is 18.7 Å². The third-order valence-corrected chi connectivity index (χ3v) is 3.33. The molecule has 5 nitrogen and oxygen atoms in total. The monoisotopic (exact) mass is 267 g/mol. The van der Waals surface area contributed by atoms with Gasteiger partial charge in [-0.1, -0.05) is 18.2 Å². The van der Waals surface area contributed by atoms with Gasteiger partial charge in [0, 0.05) is 36.8 Å². The average Bonchev–Trinajstić information content (AvgIpc) is 2.91. The molecule has 2 heterocycles. The Labute approximate surface area is 117 Å². The van der Waals surface area contributed by atoms with Crippen molar-refractivity contribution in [1.29, 1.82) is 0 Å². The second kappa shape index (κ2) is 5.30. The first kappa shape index (κ1) is 12.6. The van der Waals surface area contributed by atoms with Gasteiger partial charge in [-0.15, -0.1) is 0 Å². The number of fused-ring (bicyclic) bond motifs is 1. The van der Waals surface area contributed by atoms with Crippen molar-refractivity contribution in [3.05, 3.63) is 48.5 Å². The minimum atomic E-state index is 0.556. The Kier molecular flexibility index (Phi) is 3.35. The smallest absolute Gasteiger partial charge is 0.136 e. The summed E-state index contributed by atoms with van der Waals surface area (Å²) in [6.45, 7) is 0.556. The van der Waals surface area contributed by atoms with Crippen molar-refractivity contribution < 1.29 is 0 Å². The molecule has 0 unspecified atom stereocenters. The van der Waals surface area contributed by atoms with E-state index in [1.807, 2.05) is 31.4 Å². The van der Waals surface area contributed by atoms with Crippen LogP contribution < -0.4 is 10.6 Å². The van der Waals surface area contributed by atoms with Gasteiger partial charge < -0.3 is 15.6 Å². The summed E-state index contributed by atoms with van der Waals surface area (Å²) in [7, 11) is 2.00. The van der Waals surface area contributed by atoms with E-state index in [9.17, 15) is 0 Å². The van der Waals surface area contributed by atoms with Crippen LogP contribution in [0.5, 0.6) is 0 Å². The van der Waals surface area contributed by atoms with Gasteiger partial charge >= 0.3 is 0 Å². The summed E-state index contributed by atoms with van der Waals surface area (Å²) in [6.07, 6.45) is 4.46. The molecule has 0 spiro atoms. The minimum absolute atomic E-state index is 0.556. The molecule has 0 fully saturated rings. The maximum Gasteiger partial charge on any atom is 0.136 e. The zero-order valence-corrected chi connectivity index (χ0v) is 11.4. The maximum absolute atomic E-state index is 5.56. The largest absolute Gasteiger partial charge is 0.359 e. The number of nitrogens with one attached hydrogen (secondary N) is 1. The van der Waals surface area contributed by atoms with E-state index >= 15 is 0 Å². The van der Waals surface area contributed by atoms with E-state index in [0.717, 1.165) is 22.8 Å². The van der Waals surface area contributed by atoms with Gasteiger partial charge in [0.05, 0.1) is 5.69 Å². The Hall–Kier alpha value is -2.40. The fraction of sp³-hybridized carbons (Fsp3) is 0.200. The number of aromatic nitrogens is 3. The van der Waals surface area contributed by atoms with E-state index in [1.165, 1.54) is 5.39 Å². The highest BCUT2D eigenvalue weighted by Gasteiger charge is 2.11. The predicted molar refractivity (Wildman–Crippen MR) is 81.2 cm³/mol. The zero-order chi connectivity index (χ0) is 13.9. The minimum Gasteiger partial charge on any atom is -0.359 e. The number of hydrogen-bond acceptors (Lipinski definition) is 4. The van der Waals surface area contributed by atoms with E-state index in [1.54, 1.807) is 6.20 Å². The van der Waals surface area contributed by atoms with Crippen LogP contribution in [-0.4, -0.2) is 28.5 Å². The number of para-hydroxylation sites is 1. The number of benzene rings is 1. The molecule has 0 amide bonds. The first-order valence-corrected chi connectivity index (χ1v) is 6.61. The molecule has 0 saturated carbocycles. The number of hydrogen-bond donors (Lipinski definition) is 2. The van der Waals surface area contributed by atoms with Crippen LogP contribution in [-0.2, 0) is 6.42 Å². The first-order valence-electron chi connectivity index (χ1n) is 6.61. The Morgan fingerprint density at radius 1 is 1.25 bits per heavy atom. The molecular formula is C15H17N5. The first-order chi connectivity index (χ1) is 9.79. The molecular weight excluding hydrogens is 250 g/mol. The molecule has 5 heteroatoms. The van der Waals surface area contributed by atoms with Crippen molar-refractivity contribution in [2.75, 3.05) is 18.5 Å². The van der Waals surface area contributed by atoms with Gasteiger partial charge in [-0.25, -0.2) is 9.97 Å². The van der Waals surface area contributed by atoms with Gasteiger partial charge in [0.2, 0.25) is 0 Å². The van der Waals surface area contributed by atoms with Crippen LogP contribution in [0, 0.1) is 0 Å². The quantitative estimate of drug-likeness (QED) is 0.760. The van der Waals surface area contributed by atoms with Crippen LogP contribution in [0.15, 0.2) is 42.7 Å². The standard InChI is InChI=1S/C15H17N5/c1-20(15-7-9-17-14(19-15)6-8-16)13-10-18-12-5-3-2-4-11(12)13/h2-5,7,9-10,18H,6,8,16H2,1H3. The van der Waals surface area contributed by atoms with Gasteiger partial charge in [0.1, 0.15) is 11.6 Å².